The highest BCUT2D eigenvalue weighted by molar-refractivity contribution is 7.90. The van der Waals surface area contributed by atoms with E-state index in [0.29, 0.717) is 35.6 Å². The van der Waals surface area contributed by atoms with Crippen molar-refractivity contribution in [2.45, 2.75) is 45.4 Å². The van der Waals surface area contributed by atoms with Crippen LogP contribution in [0.5, 0.6) is 11.6 Å². The molecule has 0 radical (unpaired) electrons. The zero-order valence-electron chi connectivity index (χ0n) is 22.6. The van der Waals surface area contributed by atoms with E-state index in [1.165, 1.54) is 0 Å². The van der Waals surface area contributed by atoms with Gasteiger partial charge in [0.15, 0.2) is 9.84 Å². The predicted molar refractivity (Wildman–Crippen MR) is 156 cm³/mol. The van der Waals surface area contributed by atoms with Crippen LogP contribution in [0.2, 0.25) is 0 Å². The first-order valence-corrected chi connectivity index (χ1v) is 15.3. The first-order valence-electron chi connectivity index (χ1n) is 13.5. The first-order chi connectivity index (χ1) is 18.8. The molecule has 0 bridgehead atoms. The van der Waals surface area contributed by atoms with Crippen molar-refractivity contribution < 1.29 is 13.2 Å². The number of nitrogens with one attached hydrogen (secondary N) is 2. The number of hydrogen-bond acceptors (Lipinski definition) is 8. The number of piperidine rings is 1. The van der Waals surface area contributed by atoms with Crippen LogP contribution in [0.3, 0.4) is 0 Å². The van der Waals surface area contributed by atoms with E-state index in [0.717, 1.165) is 47.0 Å². The summed E-state index contributed by atoms with van der Waals surface area (Å²) in [5.41, 5.74) is 3.15. The normalized spacial score (nSPS) is 17.7. The molecule has 1 saturated heterocycles. The molecule has 0 saturated carbocycles. The summed E-state index contributed by atoms with van der Waals surface area (Å²) < 4.78 is 31.7. The Morgan fingerprint density at radius 2 is 1.90 bits per heavy atom. The second kappa shape index (κ2) is 11.7. The summed E-state index contributed by atoms with van der Waals surface area (Å²) in [6.07, 6.45) is 5.09. The van der Waals surface area contributed by atoms with E-state index in [2.05, 4.69) is 27.5 Å². The molecule has 2 atom stereocenters. The molecule has 3 heterocycles. The topological polar surface area (TPSA) is 106 Å². The lowest BCUT2D eigenvalue weighted by atomic mass is 9.98. The van der Waals surface area contributed by atoms with Gasteiger partial charge in [0.2, 0.25) is 11.8 Å². The SMILES string of the molecule is CCCS(=O)(=O)Cc1cccc2c(Oc3ncccc3-c3ccnc(N[C@@H]4CNC[C@H](C)C4)n3)c(C)ccc12. The monoisotopic (exact) mass is 545 g/mol. The van der Waals surface area contributed by atoms with Crippen molar-refractivity contribution in [2.24, 2.45) is 5.92 Å². The zero-order chi connectivity index (χ0) is 27.4. The van der Waals surface area contributed by atoms with Gasteiger partial charge in [-0.15, -0.1) is 0 Å². The van der Waals surface area contributed by atoms with E-state index in [9.17, 15) is 8.42 Å². The Morgan fingerprint density at radius 1 is 1.03 bits per heavy atom. The van der Waals surface area contributed by atoms with Gasteiger partial charge in [0.1, 0.15) is 5.75 Å². The average molecular weight is 546 g/mol. The Bertz CT molecular complexity index is 1570. The minimum Gasteiger partial charge on any atom is -0.437 e. The summed E-state index contributed by atoms with van der Waals surface area (Å²) in [5, 5.41) is 8.62. The van der Waals surface area contributed by atoms with Gasteiger partial charge in [0.05, 0.1) is 22.8 Å². The van der Waals surface area contributed by atoms with Crippen molar-refractivity contribution in [3.8, 4) is 22.9 Å². The summed E-state index contributed by atoms with van der Waals surface area (Å²) in [5.74, 6) is 2.41. The molecule has 5 rings (SSSR count). The second-order valence-electron chi connectivity index (χ2n) is 10.4. The number of ether oxygens (including phenoxy) is 1. The fraction of sp³-hybridized carbons (Fsp3) is 0.367. The van der Waals surface area contributed by atoms with Gasteiger partial charge in [0, 0.05) is 30.4 Å². The number of rotatable bonds is 9. The van der Waals surface area contributed by atoms with Gasteiger partial charge in [0.25, 0.3) is 0 Å². The summed E-state index contributed by atoms with van der Waals surface area (Å²) in [6, 6.07) is 15.6. The predicted octanol–water partition coefficient (Wildman–Crippen LogP) is 5.53. The molecule has 0 unspecified atom stereocenters. The van der Waals surface area contributed by atoms with E-state index in [4.69, 9.17) is 9.72 Å². The summed E-state index contributed by atoms with van der Waals surface area (Å²) in [6.45, 7) is 7.99. The average Bonchev–Trinajstić information content (AvgIpc) is 2.91. The lowest BCUT2D eigenvalue weighted by molar-refractivity contribution is 0.377. The van der Waals surface area contributed by atoms with Crippen LogP contribution in [0.15, 0.2) is 60.9 Å². The Labute approximate surface area is 230 Å². The Balaban J connectivity index is 1.47. The largest absolute Gasteiger partial charge is 0.437 e. The van der Waals surface area contributed by atoms with Crippen LogP contribution >= 0.6 is 0 Å². The standard InChI is InChI=1S/C30H35N5O3S/c1-4-15-39(36,37)19-22-7-5-8-25-24(22)11-10-21(3)28(25)38-29-26(9-6-13-32-29)27-12-14-33-30(35-27)34-23-16-20(2)17-31-18-23/h5-14,20,23,31H,4,15-19H2,1-3H3,(H,33,34,35)/t20-,23+/m1/s1. The minimum atomic E-state index is -3.20. The molecule has 9 heteroatoms. The van der Waals surface area contributed by atoms with Crippen molar-refractivity contribution in [2.75, 3.05) is 24.2 Å². The molecule has 1 aliphatic rings. The fourth-order valence-electron chi connectivity index (χ4n) is 5.18. The number of fused-ring (bicyclic) bond motifs is 1. The third-order valence-electron chi connectivity index (χ3n) is 6.99. The molecule has 1 aliphatic heterocycles. The number of aromatic nitrogens is 3. The van der Waals surface area contributed by atoms with Crippen LogP contribution < -0.4 is 15.4 Å². The molecule has 8 nitrogen and oxygen atoms in total. The molecule has 0 amide bonds. The van der Waals surface area contributed by atoms with Gasteiger partial charge in [-0.25, -0.2) is 23.4 Å². The Hall–Kier alpha value is -3.56. The van der Waals surface area contributed by atoms with Gasteiger partial charge in [-0.2, -0.15) is 0 Å². The number of anilines is 1. The molecule has 0 spiro atoms. The molecule has 2 aromatic heterocycles. The van der Waals surface area contributed by atoms with E-state index >= 15 is 0 Å². The van der Waals surface area contributed by atoms with Crippen LogP contribution in [0.4, 0.5) is 5.95 Å². The van der Waals surface area contributed by atoms with Crippen molar-refractivity contribution in [3.05, 3.63) is 72.1 Å². The summed E-state index contributed by atoms with van der Waals surface area (Å²) >= 11 is 0. The van der Waals surface area contributed by atoms with Gasteiger partial charge >= 0.3 is 0 Å². The maximum atomic E-state index is 12.6. The third-order valence-corrected chi connectivity index (χ3v) is 8.78. The number of hydrogen-bond donors (Lipinski definition) is 2. The highest BCUT2D eigenvalue weighted by atomic mass is 32.2. The lowest BCUT2D eigenvalue weighted by Crippen LogP contribution is -2.42. The maximum absolute atomic E-state index is 12.6. The van der Waals surface area contributed by atoms with Crippen molar-refractivity contribution in [1.29, 1.82) is 0 Å². The van der Waals surface area contributed by atoms with Gasteiger partial charge < -0.3 is 15.4 Å². The van der Waals surface area contributed by atoms with Crippen LogP contribution in [-0.2, 0) is 15.6 Å². The van der Waals surface area contributed by atoms with Gasteiger partial charge in [-0.3, -0.25) is 0 Å². The second-order valence-corrected chi connectivity index (χ2v) is 12.6. The molecule has 0 aliphatic carbocycles. The molecule has 204 valence electrons. The van der Waals surface area contributed by atoms with Crippen LogP contribution in [0, 0.1) is 12.8 Å². The van der Waals surface area contributed by atoms with Crippen LogP contribution in [-0.4, -0.2) is 48.3 Å². The third kappa shape index (κ3) is 6.37. The molecule has 39 heavy (non-hydrogen) atoms. The van der Waals surface area contributed by atoms with Crippen molar-refractivity contribution in [1.82, 2.24) is 20.3 Å². The van der Waals surface area contributed by atoms with Gasteiger partial charge in [-0.1, -0.05) is 44.2 Å². The fourth-order valence-corrected chi connectivity index (χ4v) is 6.67. The maximum Gasteiger partial charge on any atom is 0.228 e. The zero-order valence-corrected chi connectivity index (χ0v) is 23.5. The van der Waals surface area contributed by atoms with E-state index in [1.807, 2.05) is 62.4 Å². The molecular weight excluding hydrogens is 510 g/mol. The van der Waals surface area contributed by atoms with E-state index in [1.54, 1.807) is 12.4 Å². The highest BCUT2D eigenvalue weighted by Crippen LogP contribution is 2.37. The van der Waals surface area contributed by atoms with Crippen molar-refractivity contribution in [3.63, 3.8) is 0 Å². The van der Waals surface area contributed by atoms with Crippen molar-refractivity contribution >= 4 is 26.6 Å². The first kappa shape index (κ1) is 27.0. The van der Waals surface area contributed by atoms with Crippen LogP contribution in [0.1, 0.15) is 37.8 Å². The Kier molecular flexibility index (Phi) is 8.09. The quantitative estimate of drug-likeness (QED) is 0.283. The minimum absolute atomic E-state index is 0.00151. The molecule has 2 aromatic carbocycles. The van der Waals surface area contributed by atoms with E-state index < -0.39 is 9.84 Å². The smallest absolute Gasteiger partial charge is 0.228 e. The molecule has 1 fully saturated rings. The van der Waals surface area contributed by atoms with Gasteiger partial charge in [-0.05, 0) is 66.9 Å². The highest BCUT2D eigenvalue weighted by Gasteiger charge is 2.20. The van der Waals surface area contributed by atoms with E-state index in [-0.39, 0.29) is 17.5 Å². The number of nitrogens with zero attached hydrogens (tertiary/aromatic N) is 3. The lowest BCUT2D eigenvalue weighted by Gasteiger charge is -2.28. The number of aryl methyl sites for hydroxylation is 1. The Morgan fingerprint density at radius 3 is 2.72 bits per heavy atom. The molecular formula is C30H35N5O3S. The van der Waals surface area contributed by atoms with Crippen LogP contribution in [0.25, 0.3) is 22.0 Å². The summed E-state index contributed by atoms with van der Waals surface area (Å²) in [7, 11) is -3.20. The number of pyridine rings is 1. The molecule has 2 N–H and O–H groups in total. The molecule has 4 aromatic rings. The summed E-state index contributed by atoms with van der Waals surface area (Å²) in [4.78, 5) is 13.8. The number of benzene rings is 2. The number of sulfone groups is 1.